The number of anilines is 1. The summed E-state index contributed by atoms with van der Waals surface area (Å²) in [6.45, 7) is 6.34. The molecule has 1 saturated carbocycles. The zero-order chi connectivity index (χ0) is 25.1. The van der Waals surface area contributed by atoms with Crippen LogP contribution < -0.4 is 9.64 Å². The highest BCUT2D eigenvalue weighted by molar-refractivity contribution is 6.30. The third-order valence-corrected chi connectivity index (χ3v) is 8.47. The van der Waals surface area contributed by atoms with Crippen LogP contribution in [0.5, 0.6) is 5.75 Å². The van der Waals surface area contributed by atoms with E-state index in [1.807, 2.05) is 4.90 Å². The van der Waals surface area contributed by atoms with Gasteiger partial charge in [0.25, 0.3) is 0 Å². The Hall–Kier alpha value is -2.41. The third-order valence-electron chi connectivity index (χ3n) is 8.27. The molecule has 0 radical (unpaired) electrons. The number of carbonyl (C=O) groups excluding carboxylic acids is 1. The maximum absolute atomic E-state index is 14.6. The van der Waals surface area contributed by atoms with Crippen LogP contribution in [0.4, 0.5) is 10.3 Å². The van der Waals surface area contributed by atoms with E-state index in [9.17, 15) is 9.18 Å². The first-order valence-corrected chi connectivity index (χ1v) is 13.8. The van der Waals surface area contributed by atoms with E-state index in [1.165, 1.54) is 12.5 Å². The molecule has 2 aliphatic heterocycles. The van der Waals surface area contributed by atoms with Crippen LogP contribution in [0.25, 0.3) is 0 Å². The normalized spacial score (nSPS) is 23.1. The van der Waals surface area contributed by atoms with Gasteiger partial charge < -0.3 is 14.5 Å². The SMILES string of the molecule is CC1CCN(C(=O)Cc2ccc(OCC[C@@H]3C[C@@H]3C3CCN(c4ncc(Cl)cn4)CC3)cc2F)CC1. The van der Waals surface area contributed by atoms with Crippen molar-refractivity contribution >= 4 is 23.5 Å². The van der Waals surface area contributed by atoms with E-state index >= 15 is 0 Å². The second-order valence-corrected chi connectivity index (χ2v) is 11.3. The zero-order valence-corrected chi connectivity index (χ0v) is 21.8. The number of amides is 1. The Bertz CT molecular complexity index is 1040. The molecule has 1 aromatic carbocycles. The van der Waals surface area contributed by atoms with Gasteiger partial charge in [0.15, 0.2) is 0 Å². The Labute approximate surface area is 218 Å². The Balaban J connectivity index is 1.02. The highest BCUT2D eigenvalue weighted by Gasteiger charge is 2.43. The molecule has 2 atom stereocenters. The fraction of sp³-hybridized carbons (Fsp3) is 0.607. The first-order chi connectivity index (χ1) is 17.5. The average molecular weight is 515 g/mol. The van der Waals surface area contributed by atoms with Gasteiger partial charge in [0.2, 0.25) is 11.9 Å². The number of likely N-dealkylation sites (tertiary alicyclic amines) is 1. The van der Waals surface area contributed by atoms with Gasteiger partial charge in [0.1, 0.15) is 11.6 Å². The van der Waals surface area contributed by atoms with Crippen molar-refractivity contribution in [1.82, 2.24) is 14.9 Å². The molecule has 1 amide bonds. The third kappa shape index (κ3) is 6.28. The van der Waals surface area contributed by atoms with Crippen molar-refractivity contribution < 1.29 is 13.9 Å². The van der Waals surface area contributed by atoms with E-state index < -0.39 is 0 Å². The molecule has 0 unspecified atom stereocenters. The summed E-state index contributed by atoms with van der Waals surface area (Å²) in [6.07, 6.45) is 10.1. The van der Waals surface area contributed by atoms with Crippen molar-refractivity contribution in [3.8, 4) is 5.75 Å². The van der Waals surface area contributed by atoms with Crippen LogP contribution >= 0.6 is 11.6 Å². The minimum atomic E-state index is -0.355. The molecule has 6 nitrogen and oxygen atoms in total. The van der Waals surface area contributed by atoms with Gasteiger partial charge in [-0.3, -0.25) is 4.79 Å². The highest BCUT2D eigenvalue weighted by Crippen LogP contribution is 2.49. The van der Waals surface area contributed by atoms with Gasteiger partial charge in [0, 0.05) is 32.2 Å². The molecule has 5 rings (SSSR count). The number of hydrogen-bond acceptors (Lipinski definition) is 5. The van der Waals surface area contributed by atoms with Gasteiger partial charge in [-0.2, -0.15) is 0 Å². The van der Waals surface area contributed by atoms with Crippen molar-refractivity contribution in [2.45, 2.75) is 51.9 Å². The van der Waals surface area contributed by atoms with Crippen molar-refractivity contribution in [3.63, 3.8) is 0 Å². The van der Waals surface area contributed by atoms with E-state index in [-0.39, 0.29) is 18.1 Å². The zero-order valence-electron chi connectivity index (χ0n) is 21.0. The second kappa shape index (κ2) is 11.3. The van der Waals surface area contributed by atoms with Gasteiger partial charge in [0.05, 0.1) is 30.4 Å². The number of rotatable bonds is 8. The van der Waals surface area contributed by atoms with Crippen LogP contribution in [-0.2, 0) is 11.2 Å². The number of benzene rings is 1. The quantitative estimate of drug-likeness (QED) is 0.472. The molecule has 1 aromatic heterocycles. The molecular formula is C28H36ClFN4O2. The Kier molecular flexibility index (Phi) is 7.94. The molecule has 3 aliphatic rings. The maximum atomic E-state index is 14.6. The predicted octanol–water partition coefficient (Wildman–Crippen LogP) is 5.39. The molecule has 194 valence electrons. The van der Waals surface area contributed by atoms with Crippen molar-refractivity contribution in [2.75, 3.05) is 37.7 Å². The molecule has 3 fully saturated rings. The smallest absolute Gasteiger partial charge is 0.227 e. The van der Waals surface area contributed by atoms with E-state index in [0.717, 1.165) is 76.1 Å². The molecular weight excluding hydrogens is 479 g/mol. The van der Waals surface area contributed by atoms with Crippen LogP contribution in [-0.4, -0.2) is 53.6 Å². The lowest BCUT2D eigenvalue weighted by Crippen LogP contribution is -2.38. The van der Waals surface area contributed by atoms with Crippen molar-refractivity contribution in [1.29, 1.82) is 0 Å². The van der Waals surface area contributed by atoms with Crippen LogP contribution in [0.3, 0.4) is 0 Å². The Morgan fingerprint density at radius 3 is 2.53 bits per heavy atom. The van der Waals surface area contributed by atoms with Crippen LogP contribution in [0.1, 0.15) is 51.0 Å². The number of halogens is 2. The maximum Gasteiger partial charge on any atom is 0.227 e. The monoisotopic (exact) mass is 514 g/mol. The summed E-state index contributed by atoms with van der Waals surface area (Å²) in [7, 11) is 0. The second-order valence-electron chi connectivity index (χ2n) is 10.8. The molecule has 36 heavy (non-hydrogen) atoms. The lowest BCUT2D eigenvalue weighted by atomic mass is 9.90. The summed E-state index contributed by atoms with van der Waals surface area (Å²) < 4.78 is 20.5. The Morgan fingerprint density at radius 1 is 1.11 bits per heavy atom. The summed E-state index contributed by atoms with van der Waals surface area (Å²) in [5.41, 5.74) is 0.448. The first-order valence-electron chi connectivity index (χ1n) is 13.4. The Morgan fingerprint density at radius 2 is 1.83 bits per heavy atom. The number of aromatic nitrogens is 2. The largest absolute Gasteiger partial charge is 0.493 e. The first kappa shape index (κ1) is 25.2. The van der Waals surface area contributed by atoms with Gasteiger partial charge in [-0.1, -0.05) is 24.6 Å². The van der Waals surface area contributed by atoms with Gasteiger partial charge in [-0.15, -0.1) is 0 Å². The van der Waals surface area contributed by atoms with Gasteiger partial charge in [-0.25, -0.2) is 14.4 Å². The van der Waals surface area contributed by atoms with Gasteiger partial charge in [-0.05, 0) is 73.8 Å². The number of carbonyl (C=O) groups is 1. The fourth-order valence-corrected chi connectivity index (χ4v) is 5.90. The van der Waals surface area contributed by atoms with Crippen LogP contribution in [0.15, 0.2) is 30.6 Å². The standard InChI is InChI=1S/C28H36ClFN4O2/c1-19-4-9-33(10-5-19)27(35)15-22-2-3-24(16-26(22)30)36-13-8-21-14-25(21)20-6-11-34(12-7-20)28-31-17-23(29)18-32-28/h2-3,16-21,25H,4-15H2,1H3/t21-,25-/m1/s1. The lowest BCUT2D eigenvalue weighted by Gasteiger charge is -2.32. The van der Waals surface area contributed by atoms with Crippen molar-refractivity contribution in [3.05, 3.63) is 47.0 Å². The molecule has 8 heteroatoms. The van der Waals surface area contributed by atoms with E-state index in [1.54, 1.807) is 24.5 Å². The minimum Gasteiger partial charge on any atom is -0.493 e. The molecule has 0 N–H and O–H groups in total. The molecule has 0 spiro atoms. The van der Waals surface area contributed by atoms with Gasteiger partial charge >= 0.3 is 0 Å². The molecule has 2 aromatic rings. The summed E-state index contributed by atoms with van der Waals surface area (Å²) in [6, 6.07) is 4.93. The summed E-state index contributed by atoms with van der Waals surface area (Å²) in [5, 5.41) is 0.563. The molecule has 1 aliphatic carbocycles. The summed E-state index contributed by atoms with van der Waals surface area (Å²) >= 11 is 5.90. The highest BCUT2D eigenvalue weighted by atomic mass is 35.5. The van der Waals surface area contributed by atoms with Crippen LogP contribution in [0, 0.1) is 29.5 Å². The van der Waals surface area contributed by atoms with E-state index in [2.05, 4.69) is 21.8 Å². The summed E-state index contributed by atoms with van der Waals surface area (Å²) in [4.78, 5) is 25.3. The minimum absolute atomic E-state index is 0.0146. The molecule has 2 saturated heterocycles. The van der Waals surface area contributed by atoms with Crippen molar-refractivity contribution in [2.24, 2.45) is 23.7 Å². The lowest BCUT2D eigenvalue weighted by molar-refractivity contribution is -0.131. The number of piperidine rings is 2. The van der Waals surface area contributed by atoms with Crippen LogP contribution in [0.2, 0.25) is 5.02 Å². The topological polar surface area (TPSA) is 58.6 Å². The molecule has 3 heterocycles. The predicted molar refractivity (Wildman–Crippen MR) is 139 cm³/mol. The average Bonchev–Trinajstić information content (AvgIpc) is 3.66. The fourth-order valence-electron chi connectivity index (χ4n) is 5.80. The number of ether oxygens (including phenoxy) is 1. The van der Waals surface area contributed by atoms with E-state index in [4.69, 9.17) is 16.3 Å². The summed E-state index contributed by atoms with van der Waals surface area (Å²) in [5.74, 6) is 3.85. The number of nitrogens with zero attached hydrogens (tertiary/aromatic N) is 4. The van der Waals surface area contributed by atoms with E-state index in [0.29, 0.717) is 34.8 Å². The molecule has 0 bridgehead atoms. The number of hydrogen-bond donors (Lipinski definition) is 0.